The summed E-state index contributed by atoms with van der Waals surface area (Å²) >= 11 is 0. The van der Waals surface area contributed by atoms with Crippen LogP contribution in [0.5, 0.6) is 0 Å². The molecule has 2 saturated heterocycles. The minimum absolute atomic E-state index is 0.146. The first-order chi connectivity index (χ1) is 12.0. The van der Waals surface area contributed by atoms with Gasteiger partial charge in [-0.3, -0.25) is 4.79 Å². The van der Waals surface area contributed by atoms with Gasteiger partial charge in [0, 0.05) is 38.2 Å². The van der Waals surface area contributed by atoms with Crippen LogP contribution in [-0.2, 0) is 20.6 Å². The summed E-state index contributed by atoms with van der Waals surface area (Å²) in [5.41, 5.74) is 0.628. The minimum atomic E-state index is -3.42. The van der Waals surface area contributed by atoms with Gasteiger partial charge in [0.25, 0.3) is 0 Å². The van der Waals surface area contributed by atoms with Gasteiger partial charge in [0.2, 0.25) is 15.9 Å². The molecule has 1 unspecified atom stereocenters. The molecule has 1 aromatic rings. The van der Waals surface area contributed by atoms with Crippen LogP contribution < -0.4 is 5.32 Å². The third-order valence-corrected chi connectivity index (χ3v) is 7.66. The minimum Gasteiger partial charge on any atom is -0.364 e. The van der Waals surface area contributed by atoms with Crippen LogP contribution in [0.3, 0.4) is 0 Å². The number of nitrogens with one attached hydrogen (secondary N) is 1. The van der Waals surface area contributed by atoms with E-state index in [1.807, 2.05) is 4.90 Å². The molecule has 1 amide bonds. The number of carbonyl (C=O) groups excluding carboxylic acids is 1. The Morgan fingerprint density at radius 2 is 2.00 bits per heavy atom. The highest BCUT2D eigenvalue weighted by Gasteiger charge is 2.58. The van der Waals surface area contributed by atoms with Crippen LogP contribution in [0.4, 0.5) is 0 Å². The fourth-order valence-corrected chi connectivity index (χ4v) is 5.60. The van der Waals surface area contributed by atoms with Crippen LogP contribution in [0.25, 0.3) is 0 Å². The molecule has 9 heteroatoms. The summed E-state index contributed by atoms with van der Waals surface area (Å²) in [6, 6.07) is 1.56. The number of hydrogen-bond acceptors (Lipinski definition) is 6. The molecule has 8 nitrogen and oxygen atoms in total. The van der Waals surface area contributed by atoms with E-state index in [0.29, 0.717) is 31.9 Å². The number of piperidine rings is 1. The number of sulfonamides is 1. The molecule has 1 saturated carbocycles. The maximum absolute atomic E-state index is 12.8. The number of aromatic nitrogens is 1. The molecule has 2 aliphatic heterocycles. The Labute approximate surface area is 147 Å². The first-order valence-electron chi connectivity index (χ1n) is 8.87. The highest BCUT2D eigenvalue weighted by Crippen LogP contribution is 2.59. The van der Waals surface area contributed by atoms with Gasteiger partial charge in [0.05, 0.1) is 5.69 Å². The number of hydrogen-bond donors (Lipinski definition) is 1. The van der Waals surface area contributed by atoms with E-state index >= 15 is 0 Å². The molecule has 0 aromatic carbocycles. The number of carbonyl (C=O) groups is 1. The van der Waals surface area contributed by atoms with E-state index in [1.54, 1.807) is 6.07 Å². The van der Waals surface area contributed by atoms with E-state index in [2.05, 4.69) is 10.5 Å². The van der Waals surface area contributed by atoms with Gasteiger partial charge in [-0.25, -0.2) is 8.42 Å². The lowest BCUT2D eigenvalue weighted by atomic mass is 9.91. The Kier molecular flexibility index (Phi) is 4.33. The fourth-order valence-electron chi connectivity index (χ4n) is 4.17. The van der Waals surface area contributed by atoms with Crippen LogP contribution in [0.2, 0.25) is 0 Å². The molecule has 3 fully saturated rings. The van der Waals surface area contributed by atoms with Gasteiger partial charge in [-0.1, -0.05) is 5.16 Å². The van der Waals surface area contributed by atoms with Crippen molar-refractivity contribution in [2.24, 2.45) is 11.3 Å². The summed E-state index contributed by atoms with van der Waals surface area (Å²) in [5, 5.41) is 7.02. The van der Waals surface area contributed by atoms with E-state index in [9.17, 15) is 13.2 Å². The van der Waals surface area contributed by atoms with Crippen molar-refractivity contribution in [3.8, 4) is 0 Å². The molecule has 1 spiro atoms. The SMILES string of the molecule is O=C(C1CC12CCNCC2)N1CCN(S(=O)(=O)Cc2ccon2)CC1. The van der Waals surface area contributed by atoms with Crippen LogP contribution in [0, 0.1) is 11.3 Å². The Balaban J connectivity index is 1.32. The van der Waals surface area contributed by atoms with E-state index in [4.69, 9.17) is 4.52 Å². The second-order valence-corrected chi connectivity index (χ2v) is 9.31. The van der Waals surface area contributed by atoms with Gasteiger partial charge >= 0.3 is 0 Å². The Morgan fingerprint density at radius 3 is 2.64 bits per heavy atom. The molecule has 3 aliphatic rings. The second-order valence-electron chi connectivity index (χ2n) is 7.34. The molecule has 1 N–H and O–H groups in total. The molecule has 0 bridgehead atoms. The number of amides is 1. The summed E-state index contributed by atoms with van der Waals surface area (Å²) < 4.78 is 31.1. The van der Waals surface area contributed by atoms with Gasteiger partial charge in [-0.15, -0.1) is 0 Å². The normalized spacial score (nSPS) is 26.7. The number of rotatable bonds is 4. The summed E-state index contributed by atoms with van der Waals surface area (Å²) in [6.45, 7) is 3.65. The molecule has 1 aromatic heterocycles. The number of nitrogens with zero attached hydrogens (tertiary/aromatic N) is 3. The van der Waals surface area contributed by atoms with Crippen molar-refractivity contribution in [1.82, 2.24) is 19.7 Å². The van der Waals surface area contributed by atoms with Crippen LogP contribution >= 0.6 is 0 Å². The van der Waals surface area contributed by atoms with Crippen LogP contribution in [0.1, 0.15) is 25.0 Å². The van der Waals surface area contributed by atoms with E-state index in [-0.39, 0.29) is 23.0 Å². The fraction of sp³-hybridized carbons (Fsp3) is 0.750. The second kappa shape index (κ2) is 6.37. The van der Waals surface area contributed by atoms with E-state index in [1.165, 1.54) is 10.6 Å². The Morgan fingerprint density at radius 1 is 1.28 bits per heavy atom. The van der Waals surface area contributed by atoms with Gasteiger partial charge in [0.1, 0.15) is 12.0 Å². The monoisotopic (exact) mass is 368 g/mol. The standard InChI is InChI=1S/C16H24N4O4S/c21-15(14-11-16(14)2-4-17-5-3-16)19-6-8-20(9-7-19)25(22,23)12-13-1-10-24-18-13/h1,10,14,17H,2-9,11-12H2. The van der Waals surface area contributed by atoms with Gasteiger partial charge in [-0.05, 0) is 37.8 Å². The van der Waals surface area contributed by atoms with Crippen molar-refractivity contribution in [3.63, 3.8) is 0 Å². The third kappa shape index (κ3) is 3.32. The largest absolute Gasteiger partial charge is 0.364 e. The summed E-state index contributed by atoms with van der Waals surface area (Å²) in [4.78, 5) is 14.6. The Hall–Kier alpha value is -1.45. The van der Waals surface area contributed by atoms with Gasteiger partial charge < -0.3 is 14.7 Å². The lowest BCUT2D eigenvalue weighted by molar-refractivity contribution is -0.134. The molecule has 0 radical (unpaired) electrons. The van der Waals surface area contributed by atoms with Crippen molar-refractivity contribution < 1.29 is 17.7 Å². The molecule has 1 atom stereocenters. The zero-order chi connectivity index (χ0) is 17.5. The summed E-state index contributed by atoms with van der Waals surface area (Å²) in [6.07, 6.45) is 4.52. The average molecular weight is 368 g/mol. The van der Waals surface area contributed by atoms with Crippen LogP contribution in [-0.4, -0.2) is 68.0 Å². The predicted molar refractivity (Wildman–Crippen MR) is 89.9 cm³/mol. The highest BCUT2D eigenvalue weighted by atomic mass is 32.2. The molecule has 3 heterocycles. The molecular weight excluding hydrogens is 344 g/mol. The molecule has 138 valence electrons. The highest BCUT2D eigenvalue weighted by molar-refractivity contribution is 7.88. The van der Waals surface area contributed by atoms with Crippen molar-refractivity contribution in [2.75, 3.05) is 39.3 Å². The third-order valence-electron chi connectivity index (χ3n) is 5.85. The smallest absolute Gasteiger partial charge is 0.226 e. The predicted octanol–water partition coefficient (Wildman–Crippen LogP) is 0.0383. The zero-order valence-corrected chi connectivity index (χ0v) is 15.0. The molecule has 4 rings (SSSR count). The lowest BCUT2D eigenvalue weighted by Gasteiger charge is -2.34. The zero-order valence-electron chi connectivity index (χ0n) is 14.2. The van der Waals surface area contributed by atoms with Crippen molar-refractivity contribution in [1.29, 1.82) is 0 Å². The Bertz CT molecular complexity index is 719. The van der Waals surface area contributed by atoms with Crippen LogP contribution in [0.15, 0.2) is 16.9 Å². The molecule has 1 aliphatic carbocycles. The summed E-state index contributed by atoms with van der Waals surface area (Å²) in [5.74, 6) is 0.208. The van der Waals surface area contributed by atoms with Crippen molar-refractivity contribution >= 4 is 15.9 Å². The topological polar surface area (TPSA) is 95.8 Å². The molecule has 25 heavy (non-hydrogen) atoms. The molecular formula is C16H24N4O4S. The van der Waals surface area contributed by atoms with E-state index < -0.39 is 10.0 Å². The van der Waals surface area contributed by atoms with Crippen molar-refractivity contribution in [2.45, 2.75) is 25.0 Å². The average Bonchev–Trinajstić information content (AvgIpc) is 3.04. The first-order valence-corrected chi connectivity index (χ1v) is 10.5. The summed E-state index contributed by atoms with van der Waals surface area (Å²) in [7, 11) is -3.42. The first kappa shape index (κ1) is 17.0. The van der Waals surface area contributed by atoms with E-state index in [0.717, 1.165) is 32.4 Å². The van der Waals surface area contributed by atoms with Gasteiger partial charge in [-0.2, -0.15) is 4.31 Å². The maximum Gasteiger partial charge on any atom is 0.226 e. The lowest BCUT2D eigenvalue weighted by Crippen LogP contribution is -2.51. The van der Waals surface area contributed by atoms with Gasteiger partial charge in [0.15, 0.2) is 0 Å². The maximum atomic E-state index is 12.8. The quantitative estimate of drug-likeness (QED) is 0.806. The van der Waals surface area contributed by atoms with Crippen molar-refractivity contribution in [3.05, 3.63) is 18.0 Å². The number of piperazine rings is 1.